The highest BCUT2D eigenvalue weighted by Gasteiger charge is 2.33. The van der Waals surface area contributed by atoms with E-state index >= 15 is 0 Å². The van der Waals surface area contributed by atoms with E-state index < -0.39 is 15.8 Å². The number of piperidine rings is 1. The Bertz CT molecular complexity index is 1270. The van der Waals surface area contributed by atoms with Gasteiger partial charge in [-0.3, -0.25) is 4.79 Å². The Morgan fingerprint density at radius 1 is 1.00 bits per heavy atom. The zero-order chi connectivity index (χ0) is 23.7. The van der Waals surface area contributed by atoms with Gasteiger partial charge in [-0.05, 0) is 49.9 Å². The molecule has 0 saturated carbocycles. The van der Waals surface area contributed by atoms with Crippen molar-refractivity contribution in [2.24, 2.45) is 5.92 Å². The highest BCUT2D eigenvalue weighted by Crippen LogP contribution is 2.27. The number of sulfonamides is 1. The second kappa shape index (κ2) is 9.31. The van der Waals surface area contributed by atoms with E-state index in [1.165, 1.54) is 35.3 Å². The number of carbonyl (C=O) groups is 1. The average molecular weight is 483 g/mol. The van der Waals surface area contributed by atoms with Crippen LogP contribution in [0.4, 0.5) is 10.1 Å². The molecule has 9 heteroatoms. The fraction of sp³-hybridized carbons (Fsp3) is 0.360. The molecule has 5 rings (SSSR count). The van der Waals surface area contributed by atoms with Crippen LogP contribution in [0.25, 0.3) is 11.3 Å². The zero-order valence-electron chi connectivity index (χ0n) is 18.8. The lowest BCUT2D eigenvalue weighted by Crippen LogP contribution is -2.41. The van der Waals surface area contributed by atoms with Crippen molar-refractivity contribution in [2.75, 3.05) is 18.4 Å². The van der Waals surface area contributed by atoms with E-state index in [0.29, 0.717) is 18.5 Å². The number of hydrogen-bond acceptors (Lipinski definition) is 4. The van der Waals surface area contributed by atoms with Crippen molar-refractivity contribution in [3.05, 3.63) is 66.4 Å². The molecule has 1 fully saturated rings. The minimum absolute atomic E-state index is 0.131. The van der Waals surface area contributed by atoms with Crippen LogP contribution in [0.15, 0.2) is 59.6 Å². The van der Waals surface area contributed by atoms with E-state index in [2.05, 4.69) is 16.1 Å². The van der Waals surface area contributed by atoms with Crippen molar-refractivity contribution in [3.63, 3.8) is 0 Å². The Labute approximate surface area is 198 Å². The van der Waals surface area contributed by atoms with Crippen LogP contribution in [0.5, 0.6) is 0 Å². The Balaban J connectivity index is 1.19. The largest absolute Gasteiger partial charge is 0.334 e. The molecular formula is C25H27FN4O3S. The van der Waals surface area contributed by atoms with Crippen LogP contribution in [-0.4, -0.2) is 41.3 Å². The maximum atomic E-state index is 14.0. The standard InChI is InChI=1S/C25H27FN4O3S/c26-21-5-1-2-6-23(21)34(32,33)30-15-12-19(13-16-30)25(31)27-20-10-8-18(9-11-20)22-17-29-14-4-3-7-24(29)28-22/h1-2,5-6,8-11,17,19H,3-4,7,12-16H2,(H,27,31). The third kappa shape index (κ3) is 4.50. The van der Waals surface area contributed by atoms with Gasteiger partial charge in [0, 0.05) is 49.4 Å². The number of benzene rings is 2. The van der Waals surface area contributed by atoms with Crippen molar-refractivity contribution in [1.29, 1.82) is 0 Å². The maximum absolute atomic E-state index is 14.0. The van der Waals surface area contributed by atoms with Gasteiger partial charge in [-0.25, -0.2) is 17.8 Å². The number of carbonyl (C=O) groups excluding carboxylic acids is 1. The molecule has 0 bridgehead atoms. The molecular weight excluding hydrogens is 455 g/mol. The fourth-order valence-electron chi connectivity index (χ4n) is 4.67. The molecule has 2 aromatic carbocycles. The predicted octanol–water partition coefficient (Wildman–Crippen LogP) is 4.06. The number of imidazole rings is 1. The first-order valence-electron chi connectivity index (χ1n) is 11.6. The van der Waals surface area contributed by atoms with E-state index in [4.69, 9.17) is 4.98 Å². The predicted molar refractivity (Wildman–Crippen MR) is 127 cm³/mol. The van der Waals surface area contributed by atoms with Crippen molar-refractivity contribution in [2.45, 2.75) is 43.5 Å². The van der Waals surface area contributed by atoms with Gasteiger partial charge < -0.3 is 9.88 Å². The first kappa shape index (κ1) is 22.7. The van der Waals surface area contributed by atoms with Crippen LogP contribution >= 0.6 is 0 Å². The number of hydrogen-bond donors (Lipinski definition) is 1. The molecule has 1 saturated heterocycles. The Kier molecular flexibility index (Phi) is 6.22. The van der Waals surface area contributed by atoms with Crippen LogP contribution in [0, 0.1) is 11.7 Å². The summed E-state index contributed by atoms with van der Waals surface area (Å²) in [6.45, 7) is 1.37. The van der Waals surface area contributed by atoms with Gasteiger partial charge in [-0.2, -0.15) is 4.31 Å². The van der Waals surface area contributed by atoms with E-state index in [1.54, 1.807) is 0 Å². The van der Waals surface area contributed by atoms with E-state index in [-0.39, 0.29) is 29.8 Å². The van der Waals surface area contributed by atoms with Gasteiger partial charge >= 0.3 is 0 Å². The second-order valence-corrected chi connectivity index (χ2v) is 10.8. The number of halogens is 1. The molecule has 0 unspecified atom stereocenters. The highest BCUT2D eigenvalue weighted by atomic mass is 32.2. The molecule has 1 amide bonds. The van der Waals surface area contributed by atoms with Gasteiger partial charge in [0.2, 0.25) is 15.9 Å². The number of nitrogens with zero attached hydrogens (tertiary/aromatic N) is 3. The lowest BCUT2D eigenvalue weighted by Gasteiger charge is -2.30. The van der Waals surface area contributed by atoms with E-state index in [0.717, 1.165) is 36.1 Å². The Morgan fingerprint density at radius 3 is 2.44 bits per heavy atom. The minimum Gasteiger partial charge on any atom is -0.334 e. The molecule has 2 aliphatic heterocycles. The van der Waals surface area contributed by atoms with Gasteiger partial charge in [-0.15, -0.1) is 0 Å². The van der Waals surface area contributed by atoms with Gasteiger partial charge in [0.05, 0.1) is 5.69 Å². The summed E-state index contributed by atoms with van der Waals surface area (Å²) >= 11 is 0. The molecule has 0 aliphatic carbocycles. The second-order valence-electron chi connectivity index (χ2n) is 8.87. The van der Waals surface area contributed by atoms with Gasteiger partial charge in [-0.1, -0.05) is 24.3 Å². The monoisotopic (exact) mass is 482 g/mol. The number of nitrogens with one attached hydrogen (secondary N) is 1. The molecule has 178 valence electrons. The minimum atomic E-state index is -3.91. The van der Waals surface area contributed by atoms with Crippen LogP contribution in [0.2, 0.25) is 0 Å². The molecule has 1 N–H and O–H groups in total. The van der Waals surface area contributed by atoms with Crippen LogP contribution in [0.3, 0.4) is 0 Å². The highest BCUT2D eigenvalue weighted by molar-refractivity contribution is 7.89. The molecule has 1 aromatic heterocycles. The molecule has 3 heterocycles. The van der Waals surface area contributed by atoms with Crippen molar-refractivity contribution < 1.29 is 17.6 Å². The number of anilines is 1. The third-order valence-electron chi connectivity index (χ3n) is 6.64. The van der Waals surface area contributed by atoms with E-state index in [1.807, 2.05) is 24.3 Å². The maximum Gasteiger partial charge on any atom is 0.245 e. The molecule has 7 nitrogen and oxygen atoms in total. The topological polar surface area (TPSA) is 84.3 Å². The molecule has 3 aromatic rings. The Hall–Kier alpha value is -3.04. The van der Waals surface area contributed by atoms with Gasteiger partial charge in [0.25, 0.3) is 0 Å². The number of aromatic nitrogens is 2. The van der Waals surface area contributed by atoms with Gasteiger partial charge in [0.15, 0.2) is 0 Å². The fourth-order valence-corrected chi connectivity index (χ4v) is 6.21. The van der Waals surface area contributed by atoms with Crippen LogP contribution < -0.4 is 5.32 Å². The van der Waals surface area contributed by atoms with Crippen molar-refractivity contribution >= 4 is 21.6 Å². The molecule has 34 heavy (non-hydrogen) atoms. The zero-order valence-corrected chi connectivity index (χ0v) is 19.6. The number of fused-ring (bicyclic) bond motifs is 1. The lowest BCUT2D eigenvalue weighted by atomic mass is 9.97. The summed E-state index contributed by atoms with van der Waals surface area (Å²) in [7, 11) is -3.91. The number of aryl methyl sites for hydroxylation is 2. The first-order valence-corrected chi connectivity index (χ1v) is 13.1. The normalized spacial score (nSPS) is 17.3. The van der Waals surface area contributed by atoms with E-state index in [9.17, 15) is 17.6 Å². The smallest absolute Gasteiger partial charge is 0.245 e. The van der Waals surface area contributed by atoms with Crippen LogP contribution in [-0.2, 0) is 27.8 Å². The summed E-state index contributed by atoms with van der Waals surface area (Å²) in [5.41, 5.74) is 2.64. The summed E-state index contributed by atoms with van der Waals surface area (Å²) in [6.07, 6.45) is 6.23. The quantitative estimate of drug-likeness (QED) is 0.594. The Morgan fingerprint density at radius 2 is 1.74 bits per heavy atom. The van der Waals surface area contributed by atoms with Crippen molar-refractivity contribution in [3.8, 4) is 11.3 Å². The van der Waals surface area contributed by atoms with Crippen molar-refractivity contribution in [1.82, 2.24) is 13.9 Å². The lowest BCUT2D eigenvalue weighted by molar-refractivity contribution is -0.120. The SMILES string of the molecule is O=C(Nc1ccc(-c2cn3c(n2)CCCC3)cc1)C1CCN(S(=O)(=O)c2ccccc2F)CC1. The third-order valence-corrected chi connectivity index (χ3v) is 8.57. The summed E-state index contributed by atoms with van der Waals surface area (Å²) < 4.78 is 43.0. The summed E-state index contributed by atoms with van der Waals surface area (Å²) in [5, 5.41) is 2.94. The average Bonchev–Trinajstić information content (AvgIpc) is 3.29. The summed E-state index contributed by atoms with van der Waals surface area (Å²) in [4.78, 5) is 17.2. The number of amides is 1. The molecule has 0 spiro atoms. The first-order chi connectivity index (χ1) is 16.4. The van der Waals surface area contributed by atoms with Gasteiger partial charge in [0.1, 0.15) is 16.5 Å². The molecule has 0 radical (unpaired) electrons. The molecule has 0 atom stereocenters. The molecule has 2 aliphatic rings. The number of rotatable bonds is 5. The summed E-state index contributed by atoms with van der Waals surface area (Å²) in [6, 6.07) is 13.0. The summed E-state index contributed by atoms with van der Waals surface area (Å²) in [5.74, 6) is -0.0664. The van der Waals surface area contributed by atoms with Crippen LogP contribution in [0.1, 0.15) is 31.5 Å².